The van der Waals surface area contributed by atoms with Crippen molar-refractivity contribution in [3.8, 4) is 5.88 Å². The van der Waals surface area contributed by atoms with E-state index in [-0.39, 0.29) is 11.4 Å². The highest BCUT2D eigenvalue weighted by molar-refractivity contribution is 6.32. The zero-order valence-corrected chi connectivity index (χ0v) is 10.5. The van der Waals surface area contributed by atoms with Crippen molar-refractivity contribution in [1.82, 2.24) is 14.9 Å². The minimum Gasteiger partial charge on any atom is -0.473 e. The zero-order valence-electron chi connectivity index (χ0n) is 8.99. The summed E-state index contributed by atoms with van der Waals surface area (Å²) in [7, 11) is 2.10. The second-order valence-corrected chi connectivity index (χ2v) is 4.66. The second-order valence-electron chi connectivity index (χ2n) is 3.91. The molecule has 0 spiro atoms. The molecule has 1 fully saturated rings. The fourth-order valence-electron chi connectivity index (χ4n) is 1.67. The lowest BCUT2D eigenvalue weighted by Gasteiger charge is -2.29. The van der Waals surface area contributed by atoms with Crippen molar-refractivity contribution in [3.63, 3.8) is 0 Å². The fourth-order valence-corrected chi connectivity index (χ4v) is 1.94. The van der Waals surface area contributed by atoms with E-state index in [9.17, 15) is 0 Å². The quantitative estimate of drug-likeness (QED) is 0.766. The van der Waals surface area contributed by atoms with Crippen LogP contribution in [0.2, 0.25) is 10.3 Å². The molecule has 0 aliphatic carbocycles. The first-order valence-electron chi connectivity index (χ1n) is 5.18. The van der Waals surface area contributed by atoms with E-state index >= 15 is 0 Å². The van der Waals surface area contributed by atoms with Gasteiger partial charge in [0.05, 0.1) is 6.20 Å². The molecule has 0 saturated carbocycles. The summed E-state index contributed by atoms with van der Waals surface area (Å²) in [5, 5.41) is 0.565. The largest absolute Gasteiger partial charge is 0.473 e. The molecule has 2 heterocycles. The van der Waals surface area contributed by atoms with E-state index in [1.165, 1.54) is 6.20 Å². The Labute approximate surface area is 105 Å². The summed E-state index contributed by atoms with van der Waals surface area (Å²) in [6.07, 6.45) is 3.59. The summed E-state index contributed by atoms with van der Waals surface area (Å²) in [5.41, 5.74) is 0. The van der Waals surface area contributed by atoms with E-state index in [1.54, 1.807) is 0 Å². The summed E-state index contributed by atoms with van der Waals surface area (Å²) < 4.78 is 5.72. The van der Waals surface area contributed by atoms with Crippen LogP contribution < -0.4 is 4.74 Å². The van der Waals surface area contributed by atoms with Crippen LogP contribution in [0.3, 0.4) is 0 Å². The number of piperidine rings is 1. The van der Waals surface area contributed by atoms with Crippen LogP contribution in [0, 0.1) is 0 Å². The number of hydrogen-bond donors (Lipinski definition) is 0. The SMILES string of the molecule is CN1CCC(Oc2nc(Cl)ncc2Cl)CC1. The Balaban J connectivity index is 2.00. The van der Waals surface area contributed by atoms with E-state index in [4.69, 9.17) is 27.9 Å². The molecule has 1 saturated heterocycles. The molecule has 0 N–H and O–H groups in total. The third-order valence-corrected chi connectivity index (χ3v) is 3.07. The van der Waals surface area contributed by atoms with Gasteiger partial charge in [-0.15, -0.1) is 0 Å². The van der Waals surface area contributed by atoms with Gasteiger partial charge in [0.1, 0.15) is 11.1 Å². The van der Waals surface area contributed by atoms with Gasteiger partial charge in [0.15, 0.2) is 0 Å². The molecule has 0 atom stereocenters. The minimum atomic E-state index is 0.160. The first-order chi connectivity index (χ1) is 7.65. The van der Waals surface area contributed by atoms with Crippen molar-refractivity contribution < 1.29 is 4.74 Å². The molecule has 4 nitrogen and oxygen atoms in total. The number of aromatic nitrogens is 2. The average Bonchev–Trinajstić information content (AvgIpc) is 2.27. The van der Waals surface area contributed by atoms with Crippen LogP contribution in [-0.2, 0) is 0 Å². The van der Waals surface area contributed by atoms with Gasteiger partial charge < -0.3 is 9.64 Å². The lowest BCUT2D eigenvalue weighted by Crippen LogP contribution is -2.35. The Bertz CT molecular complexity index is 367. The molecule has 1 aromatic rings. The molecule has 2 rings (SSSR count). The Morgan fingerprint density at radius 3 is 2.75 bits per heavy atom. The Kier molecular flexibility index (Phi) is 3.84. The lowest BCUT2D eigenvalue weighted by atomic mass is 10.1. The van der Waals surface area contributed by atoms with Crippen molar-refractivity contribution >= 4 is 23.2 Å². The maximum absolute atomic E-state index is 5.93. The summed E-state index contributed by atoms with van der Waals surface area (Å²) in [6, 6.07) is 0. The van der Waals surface area contributed by atoms with Gasteiger partial charge in [0.2, 0.25) is 11.2 Å². The van der Waals surface area contributed by atoms with Crippen molar-refractivity contribution in [2.75, 3.05) is 20.1 Å². The van der Waals surface area contributed by atoms with Gasteiger partial charge in [0.25, 0.3) is 0 Å². The van der Waals surface area contributed by atoms with Crippen LogP contribution in [0.4, 0.5) is 0 Å². The molecule has 1 aliphatic rings. The minimum absolute atomic E-state index is 0.160. The van der Waals surface area contributed by atoms with Crippen LogP contribution in [0.5, 0.6) is 5.88 Å². The summed E-state index contributed by atoms with van der Waals surface area (Å²) in [6.45, 7) is 2.06. The highest BCUT2D eigenvalue weighted by atomic mass is 35.5. The van der Waals surface area contributed by atoms with Crippen molar-refractivity contribution in [1.29, 1.82) is 0 Å². The van der Waals surface area contributed by atoms with Crippen molar-refractivity contribution in [3.05, 3.63) is 16.5 Å². The van der Waals surface area contributed by atoms with Gasteiger partial charge in [0, 0.05) is 13.1 Å². The number of hydrogen-bond acceptors (Lipinski definition) is 4. The predicted molar refractivity (Wildman–Crippen MR) is 63.2 cm³/mol. The van der Waals surface area contributed by atoms with E-state index < -0.39 is 0 Å². The molecule has 0 amide bonds. The second kappa shape index (κ2) is 5.17. The number of halogens is 2. The van der Waals surface area contributed by atoms with Crippen LogP contribution >= 0.6 is 23.2 Å². The number of nitrogens with zero attached hydrogens (tertiary/aromatic N) is 3. The Morgan fingerprint density at radius 1 is 1.38 bits per heavy atom. The van der Waals surface area contributed by atoms with Crippen LogP contribution in [0.15, 0.2) is 6.20 Å². The number of likely N-dealkylation sites (tertiary alicyclic amines) is 1. The van der Waals surface area contributed by atoms with Gasteiger partial charge in [-0.2, -0.15) is 4.98 Å². The monoisotopic (exact) mass is 261 g/mol. The first-order valence-corrected chi connectivity index (χ1v) is 5.94. The van der Waals surface area contributed by atoms with Gasteiger partial charge >= 0.3 is 0 Å². The third kappa shape index (κ3) is 2.97. The molecule has 88 valence electrons. The molecule has 0 radical (unpaired) electrons. The summed E-state index contributed by atoms with van der Waals surface area (Å²) in [4.78, 5) is 10.0. The van der Waals surface area contributed by atoms with E-state index in [1.807, 2.05) is 0 Å². The average molecular weight is 262 g/mol. The van der Waals surface area contributed by atoms with Crippen LogP contribution in [-0.4, -0.2) is 41.1 Å². The topological polar surface area (TPSA) is 38.2 Å². The predicted octanol–water partition coefficient (Wildman–Crippen LogP) is 2.26. The molecule has 1 aromatic heterocycles. The molecule has 0 unspecified atom stereocenters. The molecule has 6 heteroatoms. The fraction of sp³-hybridized carbons (Fsp3) is 0.600. The number of rotatable bonds is 2. The highest BCUT2D eigenvalue weighted by Gasteiger charge is 2.19. The Hall–Kier alpha value is -0.580. The molecule has 1 aliphatic heterocycles. The van der Waals surface area contributed by atoms with E-state index in [2.05, 4.69) is 21.9 Å². The van der Waals surface area contributed by atoms with Gasteiger partial charge in [-0.3, -0.25) is 0 Å². The van der Waals surface area contributed by atoms with Crippen molar-refractivity contribution in [2.24, 2.45) is 0 Å². The maximum Gasteiger partial charge on any atom is 0.237 e. The van der Waals surface area contributed by atoms with Crippen LogP contribution in [0.1, 0.15) is 12.8 Å². The molecule has 0 bridgehead atoms. The van der Waals surface area contributed by atoms with Crippen molar-refractivity contribution in [2.45, 2.75) is 18.9 Å². The normalized spacial score (nSPS) is 18.7. The molecular formula is C10H13Cl2N3O. The van der Waals surface area contributed by atoms with Gasteiger partial charge in [-0.25, -0.2) is 4.98 Å². The van der Waals surface area contributed by atoms with Crippen LogP contribution in [0.25, 0.3) is 0 Å². The standard InChI is InChI=1S/C10H13Cl2N3O/c1-15-4-2-7(3-5-15)16-9-8(11)6-13-10(12)14-9/h6-7H,2-5H2,1H3. The molecular weight excluding hydrogens is 249 g/mol. The number of ether oxygens (including phenoxy) is 1. The first kappa shape index (κ1) is 11.9. The molecule has 16 heavy (non-hydrogen) atoms. The zero-order chi connectivity index (χ0) is 11.5. The highest BCUT2D eigenvalue weighted by Crippen LogP contribution is 2.25. The lowest BCUT2D eigenvalue weighted by molar-refractivity contribution is 0.110. The summed E-state index contributed by atoms with van der Waals surface area (Å²) in [5.74, 6) is 0.385. The Morgan fingerprint density at radius 2 is 2.06 bits per heavy atom. The molecule has 0 aromatic carbocycles. The van der Waals surface area contributed by atoms with E-state index in [0.717, 1.165) is 25.9 Å². The van der Waals surface area contributed by atoms with Gasteiger partial charge in [-0.1, -0.05) is 11.6 Å². The summed E-state index contributed by atoms with van der Waals surface area (Å²) >= 11 is 11.6. The van der Waals surface area contributed by atoms with E-state index in [0.29, 0.717) is 10.9 Å². The van der Waals surface area contributed by atoms with Gasteiger partial charge in [-0.05, 0) is 31.5 Å². The third-order valence-electron chi connectivity index (χ3n) is 2.63. The smallest absolute Gasteiger partial charge is 0.237 e. The maximum atomic E-state index is 5.93.